The summed E-state index contributed by atoms with van der Waals surface area (Å²) in [5.41, 5.74) is 0. The number of methoxy groups -OCH3 is 1. The Kier molecular flexibility index (Phi) is 3.52. The third-order valence-electron chi connectivity index (χ3n) is 3.35. The Bertz CT molecular complexity index is 399. The molecule has 94 valence electrons. The van der Waals surface area contributed by atoms with Crippen LogP contribution < -0.4 is 5.32 Å². The Labute approximate surface area is 101 Å². The first kappa shape index (κ1) is 12.2. The van der Waals surface area contributed by atoms with Gasteiger partial charge in [-0.15, -0.1) is 0 Å². The van der Waals surface area contributed by atoms with Crippen LogP contribution in [0.4, 0.5) is 0 Å². The summed E-state index contributed by atoms with van der Waals surface area (Å²) in [5.74, 6) is 1.42. The normalized spacial score (nSPS) is 24.4. The second-order valence-electron chi connectivity index (χ2n) is 4.59. The van der Waals surface area contributed by atoms with E-state index in [2.05, 4.69) is 17.0 Å². The van der Waals surface area contributed by atoms with Gasteiger partial charge in [-0.05, 0) is 31.4 Å². The van der Waals surface area contributed by atoms with E-state index in [4.69, 9.17) is 4.42 Å². The van der Waals surface area contributed by atoms with E-state index in [0.717, 1.165) is 11.7 Å². The number of esters is 1. The highest BCUT2D eigenvalue weighted by Gasteiger charge is 2.36. The van der Waals surface area contributed by atoms with Gasteiger partial charge in [-0.25, -0.2) is 4.79 Å². The molecule has 17 heavy (non-hydrogen) atoms. The Hall–Kier alpha value is -1.29. The van der Waals surface area contributed by atoms with Crippen LogP contribution in [0.5, 0.6) is 0 Å². The maximum absolute atomic E-state index is 11.2. The van der Waals surface area contributed by atoms with Gasteiger partial charge in [-0.3, -0.25) is 0 Å². The number of ether oxygens (including phenoxy) is 1. The number of hydrogen-bond acceptors (Lipinski definition) is 4. The third-order valence-corrected chi connectivity index (χ3v) is 3.35. The molecule has 4 heteroatoms. The molecule has 2 rings (SSSR count). The van der Waals surface area contributed by atoms with Crippen molar-refractivity contribution in [3.05, 3.63) is 23.7 Å². The van der Waals surface area contributed by atoms with Crippen LogP contribution in [0.2, 0.25) is 0 Å². The van der Waals surface area contributed by atoms with E-state index in [1.165, 1.54) is 20.0 Å². The van der Waals surface area contributed by atoms with Gasteiger partial charge in [-0.1, -0.05) is 13.3 Å². The van der Waals surface area contributed by atoms with Crippen LogP contribution in [-0.2, 0) is 4.74 Å². The largest absolute Gasteiger partial charge is 0.463 e. The molecular weight excluding hydrogens is 218 g/mol. The molecule has 0 radical (unpaired) electrons. The minimum absolute atomic E-state index is 0.134. The molecule has 1 saturated carbocycles. The molecule has 0 spiro atoms. The first-order chi connectivity index (χ1) is 8.15. The maximum Gasteiger partial charge on any atom is 0.373 e. The van der Waals surface area contributed by atoms with E-state index in [1.54, 1.807) is 6.07 Å². The van der Waals surface area contributed by atoms with Crippen molar-refractivity contribution in [2.75, 3.05) is 7.11 Å². The van der Waals surface area contributed by atoms with Crippen LogP contribution in [0.15, 0.2) is 16.5 Å². The van der Waals surface area contributed by atoms with Gasteiger partial charge in [0.1, 0.15) is 5.76 Å². The molecule has 0 amide bonds. The molecule has 1 aromatic heterocycles. The summed E-state index contributed by atoms with van der Waals surface area (Å²) in [4.78, 5) is 11.2. The van der Waals surface area contributed by atoms with Crippen molar-refractivity contribution in [3.63, 3.8) is 0 Å². The first-order valence-corrected chi connectivity index (χ1v) is 6.09. The van der Waals surface area contributed by atoms with E-state index >= 15 is 0 Å². The molecule has 0 bridgehead atoms. The molecule has 1 fully saturated rings. The molecule has 1 aliphatic rings. The lowest BCUT2D eigenvalue weighted by Gasteiger charge is -2.10. The highest BCUT2D eigenvalue weighted by Crippen LogP contribution is 2.35. The Morgan fingerprint density at radius 2 is 2.41 bits per heavy atom. The summed E-state index contributed by atoms with van der Waals surface area (Å²) >= 11 is 0. The Morgan fingerprint density at radius 3 is 3.00 bits per heavy atom. The molecule has 1 N–H and O–H groups in total. The monoisotopic (exact) mass is 237 g/mol. The first-order valence-electron chi connectivity index (χ1n) is 6.09. The van der Waals surface area contributed by atoms with Crippen molar-refractivity contribution >= 4 is 5.97 Å². The number of carbonyl (C=O) groups is 1. The van der Waals surface area contributed by atoms with E-state index in [0.29, 0.717) is 6.04 Å². The van der Waals surface area contributed by atoms with Gasteiger partial charge >= 0.3 is 5.97 Å². The third kappa shape index (κ3) is 2.69. The smallest absolute Gasteiger partial charge is 0.373 e. The van der Waals surface area contributed by atoms with Gasteiger partial charge in [0.15, 0.2) is 0 Å². The van der Waals surface area contributed by atoms with Crippen molar-refractivity contribution in [3.8, 4) is 0 Å². The number of rotatable bonds is 5. The van der Waals surface area contributed by atoms with Gasteiger partial charge in [0.05, 0.1) is 13.2 Å². The molecule has 0 aromatic carbocycles. The van der Waals surface area contributed by atoms with Gasteiger partial charge < -0.3 is 14.5 Å². The highest BCUT2D eigenvalue weighted by atomic mass is 16.5. The molecule has 0 saturated heterocycles. The van der Waals surface area contributed by atoms with E-state index in [-0.39, 0.29) is 11.8 Å². The fourth-order valence-corrected chi connectivity index (χ4v) is 2.10. The zero-order chi connectivity index (χ0) is 12.4. The van der Waals surface area contributed by atoms with Crippen LogP contribution in [0.1, 0.15) is 49.0 Å². The Morgan fingerprint density at radius 1 is 1.65 bits per heavy atom. The van der Waals surface area contributed by atoms with Crippen LogP contribution in [0, 0.1) is 5.92 Å². The lowest BCUT2D eigenvalue weighted by atomic mass is 10.2. The quantitative estimate of drug-likeness (QED) is 0.799. The molecule has 1 heterocycles. The average molecular weight is 237 g/mol. The van der Waals surface area contributed by atoms with Gasteiger partial charge in [0, 0.05) is 6.04 Å². The van der Waals surface area contributed by atoms with Crippen molar-refractivity contribution < 1.29 is 13.9 Å². The summed E-state index contributed by atoms with van der Waals surface area (Å²) in [6.45, 7) is 4.25. The van der Waals surface area contributed by atoms with E-state index in [9.17, 15) is 4.79 Å². The summed E-state index contributed by atoms with van der Waals surface area (Å²) in [6, 6.07) is 4.22. The Balaban J connectivity index is 1.93. The van der Waals surface area contributed by atoms with Crippen LogP contribution in [0.3, 0.4) is 0 Å². The molecule has 0 aliphatic heterocycles. The average Bonchev–Trinajstić information content (AvgIpc) is 2.90. The lowest BCUT2D eigenvalue weighted by Crippen LogP contribution is -2.21. The highest BCUT2D eigenvalue weighted by molar-refractivity contribution is 5.86. The molecule has 4 nitrogen and oxygen atoms in total. The zero-order valence-corrected chi connectivity index (χ0v) is 10.5. The summed E-state index contributed by atoms with van der Waals surface area (Å²) in [6.07, 6.45) is 2.46. The zero-order valence-electron chi connectivity index (χ0n) is 10.5. The van der Waals surface area contributed by atoms with Crippen molar-refractivity contribution in [2.24, 2.45) is 5.92 Å². The van der Waals surface area contributed by atoms with Gasteiger partial charge in [-0.2, -0.15) is 0 Å². The number of carbonyl (C=O) groups excluding carboxylic acids is 1. The van der Waals surface area contributed by atoms with Crippen LogP contribution in [-0.4, -0.2) is 19.1 Å². The fraction of sp³-hybridized carbons (Fsp3) is 0.615. The standard InChI is InChI=1S/C13H19NO3/c1-4-9-7-10(9)14-8(2)11-5-6-12(17-11)13(15)16-3/h5-6,8-10,14H,4,7H2,1-3H3. The predicted molar refractivity (Wildman–Crippen MR) is 63.8 cm³/mol. The maximum atomic E-state index is 11.2. The fourth-order valence-electron chi connectivity index (χ4n) is 2.10. The van der Waals surface area contributed by atoms with Gasteiger partial charge in [0.25, 0.3) is 0 Å². The predicted octanol–water partition coefficient (Wildman–Crippen LogP) is 2.52. The van der Waals surface area contributed by atoms with Crippen molar-refractivity contribution in [2.45, 2.75) is 38.8 Å². The van der Waals surface area contributed by atoms with E-state index < -0.39 is 5.97 Å². The summed E-state index contributed by atoms with van der Waals surface area (Å²) in [5, 5.41) is 3.50. The number of nitrogens with one attached hydrogen (secondary N) is 1. The molecule has 1 aromatic rings. The summed E-state index contributed by atoms with van der Waals surface area (Å²) in [7, 11) is 1.35. The second kappa shape index (κ2) is 4.92. The molecular formula is C13H19NO3. The van der Waals surface area contributed by atoms with Crippen LogP contribution in [0.25, 0.3) is 0 Å². The molecule has 1 aliphatic carbocycles. The van der Waals surface area contributed by atoms with Crippen molar-refractivity contribution in [1.82, 2.24) is 5.32 Å². The van der Waals surface area contributed by atoms with Gasteiger partial charge in [0.2, 0.25) is 5.76 Å². The van der Waals surface area contributed by atoms with Crippen molar-refractivity contribution in [1.29, 1.82) is 0 Å². The molecule has 3 unspecified atom stereocenters. The molecule has 3 atom stereocenters. The van der Waals surface area contributed by atoms with E-state index in [1.807, 2.05) is 13.0 Å². The number of hydrogen-bond donors (Lipinski definition) is 1. The second-order valence-corrected chi connectivity index (χ2v) is 4.59. The summed E-state index contributed by atoms with van der Waals surface area (Å²) < 4.78 is 10.1. The minimum atomic E-state index is -0.429. The lowest BCUT2D eigenvalue weighted by molar-refractivity contribution is 0.0562. The topological polar surface area (TPSA) is 51.5 Å². The number of furan rings is 1. The minimum Gasteiger partial charge on any atom is -0.463 e. The van der Waals surface area contributed by atoms with Crippen LogP contribution >= 0.6 is 0 Å². The SMILES string of the molecule is CCC1CC1NC(C)c1ccc(C(=O)OC)o1.